The molecule has 0 aliphatic heterocycles. The van der Waals surface area contributed by atoms with Crippen molar-refractivity contribution in [2.75, 3.05) is 6.61 Å². The van der Waals surface area contributed by atoms with Gasteiger partial charge in [-0.1, -0.05) is 20.8 Å². The van der Waals surface area contributed by atoms with E-state index < -0.39 is 5.60 Å². The van der Waals surface area contributed by atoms with Gasteiger partial charge in [-0.2, -0.15) is 0 Å². The molecule has 0 aromatic rings. The Bertz CT molecular complexity index is 60.3. The van der Waals surface area contributed by atoms with Crippen LogP contribution in [0.15, 0.2) is 0 Å². The topological polar surface area (TPSA) is 40.5 Å². The Balaban J connectivity index is 0. The molecule has 0 aliphatic carbocycles. The van der Waals surface area contributed by atoms with Gasteiger partial charge >= 0.3 is 0 Å². The van der Waals surface area contributed by atoms with Gasteiger partial charge in [-0.05, 0) is 19.8 Å². The van der Waals surface area contributed by atoms with E-state index in [4.69, 9.17) is 10.2 Å². The predicted molar refractivity (Wildman–Crippen MR) is 44.0 cm³/mol. The number of aliphatic hydroxyl groups excluding tert-OH is 1. The second-order valence-corrected chi connectivity index (χ2v) is 2.32. The third-order valence-electron chi connectivity index (χ3n) is 1.41. The monoisotopic (exact) mass is 148 g/mol. The summed E-state index contributed by atoms with van der Waals surface area (Å²) in [6.45, 7) is 7.69. The molecule has 0 bridgehead atoms. The molecular formula is C8H20O2. The molecule has 0 rings (SSSR count). The maximum atomic E-state index is 9.16. The van der Waals surface area contributed by atoms with E-state index in [1.54, 1.807) is 6.92 Å². The Morgan fingerprint density at radius 1 is 1.30 bits per heavy atom. The van der Waals surface area contributed by atoms with E-state index in [9.17, 15) is 0 Å². The van der Waals surface area contributed by atoms with Crippen molar-refractivity contribution < 1.29 is 10.2 Å². The van der Waals surface area contributed by atoms with Gasteiger partial charge in [-0.3, -0.25) is 0 Å². The fourth-order valence-electron chi connectivity index (χ4n) is 0.418. The summed E-state index contributed by atoms with van der Waals surface area (Å²) in [4.78, 5) is 0. The summed E-state index contributed by atoms with van der Waals surface area (Å²) in [5, 5.41) is 17.5. The van der Waals surface area contributed by atoms with Crippen LogP contribution in [0.5, 0.6) is 0 Å². The lowest BCUT2D eigenvalue weighted by molar-refractivity contribution is 0.0300. The first-order chi connectivity index (χ1) is 4.62. The summed E-state index contributed by atoms with van der Waals surface area (Å²) in [5.74, 6) is 0. The molecule has 2 heteroatoms. The van der Waals surface area contributed by atoms with Crippen LogP contribution in [0.25, 0.3) is 0 Å². The van der Waals surface area contributed by atoms with Crippen molar-refractivity contribution in [1.82, 2.24) is 0 Å². The zero-order valence-corrected chi connectivity index (χ0v) is 7.52. The Hall–Kier alpha value is -0.0800. The highest BCUT2D eigenvalue weighted by molar-refractivity contribution is 4.68. The van der Waals surface area contributed by atoms with Gasteiger partial charge in [0.15, 0.2) is 0 Å². The zero-order chi connectivity index (χ0) is 8.62. The summed E-state index contributed by atoms with van der Waals surface area (Å²) >= 11 is 0. The normalized spacial score (nSPS) is 15.0. The summed E-state index contributed by atoms with van der Waals surface area (Å²) in [6, 6.07) is 0. The van der Waals surface area contributed by atoms with Crippen molar-refractivity contribution in [2.24, 2.45) is 0 Å². The van der Waals surface area contributed by atoms with E-state index in [0.717, 1.165) is 0 Å². The summed E-state index contributed by atoms with van der Waals surface area (Å²) in [6.07, 6.45) is 1.18. The minimum atomic E-state index is -0.658. The second kappa shape index (κ2) is 7.03. The first-order valence-electron chi connectivity index (χ1n) is 3.95. The van der Waals surface area contributed by atoms with E-state index in [1.807, 2.05) is 20.8 Å². The fourth-order valence-corrected chi connectivity index (χ4v) is 0.418. The van der Waals surface area contributed by atoms with E-state index in [-0.39, 0.29) is 6.61 Å². The number of rotatable bonds is 3. The Kier molecular flexibility index (Phi) is 8.85. The van der Waals surface area contributed by atoms with Gasteiger partial charge in [-0.15, -0.1) is 0 Å². The standard InChI is InChI=1S/C6H14O2.C2H6/c1-3-6(2,8)4-5-7;1-2/h7-8H,3-5H2,1-2H3;1-2H3. The van der Waals surface area contributed by atoms with Crippen molar-refractivity contribution in [3.63, 3.8) is 0 Å². The average Bonchev–Trinajstić information content (AvgIpc) is 1.93. The molecule has 0 heterocycles. The minimum Gasteiger partial charge on any atom is -0.396 e. The van der Waals surface area contributed by atoms with Crippen molar-refractivity contribution in [1.29, 1.82) is 0 Å². The quantitative estimate of drug-likeness (QED) is 0.637. The molecule has 2 nitrogen and oxygen atoms in total. The largest absolute Gasteiger partial charge is 0.396 e. The maximum Gasteiger partial charge on any atom is 0.0639 e. The fraction of sp³-hybridized carbons (Fsp3) is 1.00. The number of aliphatic hydroxyl groups is 2. The van der Waals surface area contributed by atoms with Gasteiger partial charge in [-0.25, -0.2) is 0 Å². The van der Waals surface area contributed by atoms with Gasteiger partial charge < -0.3 is 10.2 Å². The third kappa shape index (κ3) is 7.92. The highest BCUT2D eigenvalue weighted by Crippen LogP contribution is 2.11. The molecule has 0 aromatic heterocycles. The molecule has 0 aromatic carbocycles. The zero-order valence-electron chi connectivity index (χ0n) is 7.52. The van der Waals surface area contributed by atoms with Gasteiger partial charge in [0, 0.05) is 6.61 Å². The van der Waals surface area contributed by atoms with Crippen molar-refractivity contribution >= 4 is 0 Å². The van der Waals surface area contributed by atoms with Gasteiger partial charge in [0.05, 0.1) is 5.60 Å². The van der Waals surface area contributed by atoms with E-state index in [2.05, 4.69) is 0 Å². The highest BCUT2D eigenvalue weighted by atomic mass is 16.3. The van der Waals surface area contributed by atoms with Crippen LogP contribution < -0.4 is 0 Å². The molecule has 64 valence electrons. The van der Waals surface area contributed by atoms with Gasteiger partial charge in [0.2, 0.25) is 0 Å². The first-order valence-corrected chi connectivity index (χ1v) is 3.95. The third-order valence-corrected chi connectivity index (χ3v) is 1.41. The van der Waals surface area contributed by atoms with Gasteiger partial charge in [0.25, 0.3) is 0 Å². The van der Waals surface area contributed by atoms with Crippen LogP contribution in [0, 0.1) is 0 Å². The summed E-state index contributed by atoms with van der Waals surface area (Å²) < 4.78 is 0. The molecule has 0 aliphatic rings. The van der Waals surface area contributed by atoms with Crippen LogP contribution in [-0.2, 0) is 0 Å². The lowest BCUT2D eigenvalue weighted by Gasteiger charge is -2.18. The molecule has 1 unspecified atom stereocenters. The Morgan fingerprint density at radius 2 is 1.70 bits per heavy atom. The maximum absolute atomic E-state index is 9.16. The van der Waals surface area contributed by atoms with Crippen LogP contribution in [0.2, 0.25) is 0 Å². The molecule has 0 radical (unpaired) electrons. The van der Waals surface area contributed by atoms with E-state index in [0.29, 0.717) is 12.8 Å². The summed E-state index contributed by atoms with van der Waals surface area (Å²) in [5.41, 5.74) is -0.658. The molecule has 0 saturated carbocycles. The lowest BCUT2D eigenvalue weighted by atomic mass is 10.0. The molecule has 1 atom stereocenters. The van der Waals surface area contributed by atoms with Crippen molar-refractivity contribution in [3.8, 4) is 0 Å². The van der Waals surface area contributed by atoms with E-state index in [1.165, 1.54) is 0 Å². The molecule has 0 saturated heterocycles. The SMILES string of the molecule is CC.CCC(C)(O)CCO. The first kappa shape index (κ1) is 12.6. The van der Waals surface area contributed by atoms with Crippen molar-refractivity contribution in [3.05, 3.63) is 0 Å². The molecule has 0 fully saturated rings. The van der Waals surface area contributed by atoms with Gasteiger partial charge in [0.1, 0.15) is 0 Å². The van der Waals surface area contributed by atoms with E-state index >= 15 is 0 Å². The number of hydrogen-bond donors (Lipinski definition) is 2. The van der Waals surface area contributed by atoms with Crippen molar-refractivity contribution in [2.45, 2.75) is 46.1 Å². The molecule has 0 spiro atoms. The summed E-state index contributed by atoms with van der Waals surface area (Å²) in [7, 11) is 0. The van der Waals surface area contributed by atoms with Crippen LogP contribution in [0.3, 0.4) is 0 Å². The molecule has 10 heavy (non-hydrogen) atoms. The smallest absolute Gasteiger partial charge is 0.0639 e. The van der Waals surface area contributed by atoms with Crippen LogP contribution >= 0.6 is 0 Å². The van der Waals surface area contributed by atoms with Crippen LogP contribution in [-0.4, -0.2) is 22.4 Å². The lowest BCUT2D eigenvalue weighted by Crippen LogP contribution is -2.23. The second-order valence-electron chi connectivity index (χ2n) is 2.32. The van der Waals surface area contributed by atoms with Crippen LogP contribution in [0.4, 0.5) is 0 Å². The molecule has 0 amide bonds. The predicted octanol–water partition coefficient (Wildman–Crippen LogP) is 1.56. The Morgan fingerprint density at radius 3 is 1.80 bits per heavy atom. The molecular weight excluding hydrogens is 128 g/mol. The highest BCUT2D eigenvalue weighted by Gasteiger charge is 2.15. The average molecular weight is 148 g/mol. The van der Waals surface area contributed by atoms with Crippen LogP contribution in [0.1, 0.15) is 40.5 Å². The molecule has 2 N–H and O–H groups in total. The minimum absolute atomic E-state index is 0.0703. The number of hydrogen-bond acceptors (Lipinski definition) is 2. The Labute approximate surface area is 63.9 Å².